The van der Waals surface area contributed by atoms with Crippen LogP contribution in [-0.2, 0) is 16.1 Å². The second kappa shape index (κ2) is 9.02. The number of nitrogens with zero attached hydrogens (tertiary/aromatic N) is 3. The van der Waals surface area contributed by atoms with Crippen LogP contribution in [0.4, 0.5) is 8.78 Å². The summed E-state index contributed by atoms with van der Waals surface area (Å²) in [5, 5.41) is 0. The van der Waals surface area contributed by atoms with E-state index < -0.39 is 35.2 Å². The van der Waals surface area contributed by atoms with Crippen molar-refractivity contribution >= 4 is 17.5 Å². The summed E-state index contributed by atoms with van der Waals surface area (Å²) in [4.78, 5) is 34.6. The van der Waals surface area contributed by atoms with Crippen molar-refractivity contribution in [3.63, 3.8) is 0 Å². The highest BCUT2D eigenvalue weighted by molar-refractivity contribution is 6.47. The van der Waals surface area contributed by atoms with Gasteiger partial charge in [0.25, 0.3) is 5.91 Å². The minimum atomic E-state index is -1.32. The maximum Gasteiger partial charge on any atom is 0.275 e. The standard InChI is InChI=1S/C25H28F2N4O2/c1-30(2)15-16-6-8-17(9-7-16)21-24(33)31(25(29-21)10-4-3-5-11-25)22(23(28)32)18-12-19(26)14-20(27)13-18/h6-9,12-14,22H,3-5,10-11,15H2,1-2H3,(H2,28,32). The number of carbonyl (C=O) groups is 2. The Morgan fingerprint density at radius 1 is 1.09 bits per heavy atom. The fourth-order valence-electron chi connectivity index (χ4n) is 4.94. The molecule has 2 aromatic carbocycles. The minimum absolute atomic E-state index is 0.0103. The van der Waals surface area contributed by atoms with E-state index in [9.17, 15) is 18.4 Å². The molecule has 1 heterocycles. The summed E-state index contributed by atoms with van der Waals surface area (Å²) in [5.74, 6) is -2.97. The SMILES string of the molecule is CN(C)Cc1ccc(C2=NC3(CCCCC3)N(C(C(N)=O)c3cc(F)cc(F)c3)C2=O)cc1. The first-order valence-electron chi connectivity index (χ1n) is 11.1. The molecule has 1 aliphatic heterocycles. The zero-order valence-electron chi connectivity index (χ0n) is 18.9. The minimum Gasteiger partial charge on any atom is -0.368 e. The highest BCUT2D eigenvalue weighted by Gasteiger charge is 2.52. The van der Waals surface area contributed by atoms with Crippen LogP contribution in [-0.4, -0.2) is 47.1 Å². The van der Waals surface area contributed by atoms with Crippen LogP contribution in [0.5, 0.6) is 0 Å². The number of amides is 2. The van der Waals surface area contributed by atoms with E-state index in [1.807, 2.05) is 43.3 Å². The van der Waals surface area contributed by atoms with Gasteiger partial charge in [-0.2, -0.15) is 0 Å². The molecular weight excluding hydrogens is 426 g/mol. The lowest BCUT2D eigenvalue weighted by molar-refractivity contribution is -0.141. The molecule has 1 fully saturated rings. The number of hydrogen-bond acceptors (Lipinski definition) is 4. The topological polar surface area (TPSA) is 79.0 Å². The Bertz CT molecular complexity index is 1070. The van der Waals surface area contributed by atoms with Gasteiger partial charge in [-0.3, -0.25) is 19.5 Å². The first-order valence-corrected chi connectivity index (χ1v) is 11.1. The third-order valence-corrected chi connectivity index (χ3v) is 6.30. The number of hydrogen-bond donors (Lipinski definition) is 1. The highest BCUT2D eigenvalue weighted by Crippen LogP contribution is 2.44. The summed E-state index contributed by atoms with van der Waals surface area (Å²) in [5.41, 5.74) is 6.74. The molecule has 2 aromatic rings. The third-order valence-electron chi connectivity index (χ3n) is 6.30. The molecule has 1 spiro atoms. The van der Waals surface area contributed by atoms with Gasteiger partial charge in [0.15, 0.2) is 0 Å². The van der Waals surface area contributed by atoms with E-state index >= 15 is 0 Å². The predicted octanol–water partition coefficient (Wildman–Crippen LogP) is 3.54. The van der Waals surface area contributed by atoms with E-state index in [-0.39, 0.29) is 11.3 Å². The fraction of sp³-hybridized carbons (Fsp3) is 0.400. The summed E-state index contributed by atoms with van der Waals surface area (Å²) < 4.78 is 28.0. The quantitative estimate of drug-likeness (QED) is 0.725. The van der Waals surface area contributed by atoms with Gasteiger partial charge in [-0.15, -0.1) is 0 Å². The van der Waals surface area contributed by atoms with Crippen molar-refractivity contribution in [2.75, 3.05) is 14.1 Å². The van der Waals surface area contributed by atoms with Crippen LogP contribution in [0, 0.1) is 11.6 Å². The Kier molecular flexibility index (Phi) is 6.30. The molecule has 6 nitrogen and oxygen atoms in total. The Balaban J connectivity index is 1.77. The van der Waals surface area contributed by atoms with Crippen molar-refractivity contribution in [2.45, 2.75) is 50.4 Å². The lowest BCUT2D eigenvalue weighted by atomic mass is 9.86. The van der Waals surface area contributed by atoms with Crippen molar-refractivity contribution in [2.24, 2.45) is 10.7 Å². The van der Waals surface area contributed by atoms with E-state index in [1.165, 1.54) is 4.90 Å². The average molecular weight is 455 g/mol. The Morgan fingerprint density at radius 2 is 1.70 bits per heavy atom. The number of primary amides is 1. The Hall–Kier alpha value is -3.13. The number of nitrogens with two attached hydrogens (primary N) is 1. The Morgan fingerprint density at radius 3 is 2.24 bits per heavy atom. The molecule has 1 unspecified atom stereocenters. The van der Waals surface area contributed by atoms with Gasteiger partial charge in [0.1, 0.15) is 29.1 Å². The van der Waals surface area contributed by atoms with Crippen molar-refractivity contribution in [3.8, 4) is 0 Å². The molecule has 2 N–H and O–H groups in total. The van der Waals surface area contributed by atoms with Gasteiger partial charge in [-0.1, -0.05) is 30.7 Å². The summed E-state index contributed by atoms with van der Waals surface area (Å²) in [6.45, 7) is 0.756. The van der Waals surface area contributed by atoms with Gasteiger partial charge in [-0.05, 0) is 63.0 Å². The van der Waals surface area contributed by atoms with Crippen molar-refractivity contribution in [1.29, 1.82) is 0 Å². The summed E-state index contributed by atoms with van der Waals surface area (Å²) in [6.07, 6.45) is 3.76. The molecule has 8 heteroatoms. The smallest absolute Gasteiger partial charge is 0.275 e. The number of aliphatic imine (C=N–C) groups is 1. The normalized spacial score (nSPS) is 18.6. The van der Waals surface area contributed by atoms with Crippen molar-refractivity contribution in [1.82, 2.24) is 9.80 Å². The van der Waals surface area contributed by atoms with Crippen LogP contribution in [0.25, 0.3) is 0 Å². The summed E-state index contributed by atoms with van der Waals surface area (Å²) in [7, 11) is 3.95. The van der Waals surface area contributed by atoms with Gasteiger partial charge < -0.3 is 10.6 Å². The average Bonchev–Trinajstić information content (AvgIpc) is 3.00. The molecule has 2 aliphatic rings. The van der Waals surface area contributed by atoms with Gasteiger partial charge >= 0.3 is 0 Å². The first kappa shape index (κ1) is 23.0. The number of benzene rings is 2. The Labute approximate surface area is 192 Å². The van der Waals surface area contributed by atoms with Gasteiger partial charge in [0.05, 0.1) is 0 Å². The van der Waals surface area contributed by atoms with Crippen molar-refractivity contribution in [3.05, 3.63) is 70.8 Å². The first-order chi connectivity index (χ1) is 15.7. The molecule has 1 atom stereocenters. The second-order valence-electron chi connectivity index (χ2n) is 9.12. The van der Waals surface area contributed by atoms with Crippen molar-refractivity contribution < 1.29 is 18.4 Å². The third kappa shape index (κ3) is 4.53. The maximum absolute atomic E-state index is 14.0. The molecule has 174 valence electrons. The highest BCUT2D eigenvalue weighted by atomic mass is 19.1. The van der Waals surface area contributed by atoms with E-state index in [4.69, 9.17) is 10.7 Å². The summed E-state index contributed by atoms with van der Waals surface area (Å²) >= 11 is 0. The van der Waals surface area contributed by atoms with Gasteiger partial charge in [0, 0.05) is 18.2 Å². The molecule has 33 heavy (non-hydrogen) atoms. The largest absolute Gasteiger partial charge is 0.368 e. The van der Waals surface area contributed by atoms with Crippen LogP contribution in [0.2, 0.25) is 0 Å². The molecular formula is C25H28F2N4O2. The number of carbonyl (C=O) groups excluding carboxylic acids is 2. The van der Waals surface area contributed by atoms with Gasteiger partial charge in [-0.25, -0.2) is 8.78 Å². The molecule has 0 bridgehead atoms. The van der Waals surface area contributed by atoms with Crippen LogP contribution in [0.3, 0.4) is 0 Å². The van der Waals surface area contributed by atoms with Crippen LogP contribution >= 0.6 is 0 Å². The van der Waals surface area contributed by atoms with Crippen LogP contribution in [0.15, 0.2) is 47.5 Å². The monoisotopic (exact) mass is 454 g/mol. The van der Waals surface area contributed by atoms with Crippen LogP contribution in [0.1, 0.15) is 54.8 Å². The van der Waals surface area contributed by atoms with E-state index in [0.717, 1.165) is 49.6 Å². The maximum atomic E-state index is 14.0. The lowest BCUT2D eigenvalue weighted by Gasteiger charge is -2.42. The van der Waals surface area contributed by atoms with Crippen LogP contribution < -0.4 is 5.73 Å². The molecule has 0 saturated heterocycles. The number of halogens is 2. The van der Waals surface area contributed by atoms with E-state index in [2.05, 4.69) is 0 Å². The summed E-state index contributed by atoms with van der Waals surface area (Å²) in [6, 6.07) is 9.07. The zero-order valence-corrected chi connectivity index (χ0v) is 18.9. The lowest BCUT2D eigenvalue weighted by Crippen LogP contribution is -2.53. The van der Waals surface area contributed by atoms with E-state index in [0.29, 0.717) is 18.4 Å². The second-order valence-corrected chi connectivity index (χ2v) is 9.12. The fourth-order valence-corrected chi connectivity index (χ4v) is 4.94. The number of rotatable bonds is 6. The van der Waals surface area contributed by atoms with E-state index in [1.54, 1.807) is 0 Å². The molecule has 0 radical (unpaired) electrons. The molecule has 0 aromatic heterocycles. The molecule has 1 saturated carbocycles. The zero-order chi connectivity index (χ0) is 23.8. The molecule has 1 aliphatic carbocycles. The van der Waals surface area contributed by atoms with Gasteiger partial charge in [0.2, 0.25) is 5.91 Å². The predicted molar refractivity (Wildman–Crippen MR) is 121 cm³/mol. The molecule has 2 amide bonds. The molecule has 4 rings (SSSR count).